The van der Waals surface area contributed by atoms with Crippen molar-refractivity contribution in [2.45, 2.75) is 52.5 Å². The SMILES string of the molecule is CCCCC(CCNC(C)C)C(=O)O.Cl.Cl. The van der Waals surface area contributed by atoms with E-state index in [1.54, 1.807) is 0 Å². The fourth-order valence-corrected chi connectivity index (χ4v) is 1.39. The number of rotatable bonds is 8. The Balaban J connectivity index is -0.000000845. The van der Waals surface area contributed by atoms with Crippen LogP contribution in [0.2, 0.25) is 0 Å². The van der Waals surface area contributed by atoms with Crippen LogP contribution in [0.5, 0.6) is 0 Å². The first-order chi connectivity index (χ1) is 6.57. The summed E-state index contributed by atoms with van der Waals surface area (Å²) in [5, 5.41) is 12.2. The van der Waals surface area contributed by atoms with Gasteiger partial charge in [-0.2, -0.15) is 0 Å². The molecule has 0 aromatic rings. The van der Waals surface area contributed by atoms with E-state index in [4.69, 9.17) is 5.11 Å². The van der Waals surface area contributed by atoms with Gasteiger partial charge in [0.2, 0.25) is 0 Å². The molecule has 0 saturated heterocycles. The van der Waals surface area contributed by atoms with E-state index >= 15 is 0 Å². The van der Waals surface area contributed by atoms with Crippen LogP contribution in [0.3, 0.4) is 0 Å². The van der Waals surface area contributed by atoms with Crippen molar-refractivity contribution in [2.75, 3.05) is 6.54 Å². The second-order valence-corrected chi connectivity index (χ2v) is 4.07. The Morgan fingerprint density at radius 1 is 1.25 bits per heavy atom. The van der Waals surface area contributed by atoms with Crippen molar-refractivity contribution in [3.8, 4) is 0 Å². The van der Waals surface area contributed by atoms with E-state index in [1.807, 2.05) is 0 Å². The van der Waals surface area contributed by atoms with Crippen LogP contribution in [-0.2, 0) is 4.79 Å². The van der Waals surface area contributed by atoms with Crippen LogP contribution in [0.1, 0.15) is 46.5 Å². The molecule has 0 bridgehead atoms. The zero-order valence-electron chi connectivity index (χ0n) is 10.4. The maximum Gasteiger partial charge on any atom is 0.306 e. The molecule has 3 nitrogen and oxygen atoms in total. The predicted molar refractivity (Wildman–Crippen MR) is 72.9 cm³/mol. The highest BCUT2D eigenvalue weighted by molar-refractivity contribution is 5.85. The summed E-state index contributed by atoms with van der Waals surface area (Å²) in [4.78, 5) is 10.9. The second-order valence-electron chi connectivity index (χ2n) is 4.07. The summed E-state index contributed by atoms with van der Waals surface area (Å²) in [6, 6.07) is 0.440. The smallest absolute Gasteiger partial charge is 0.306 e. The van der Waals surface area contributed by atoms with Crippen molar-refractivity contribution in [1.82, 2.24) is 5.32 Å². The zero-order chi connectivity index (χ0) is 11.0. The quantitative estimate of drug-likeness (QED) is 0.715. The molecule has 0 radical (unpaired) electrons. The molecule has 2 N–H and O–H groups in total. The van der Waals surface area contributed by atoms with Gasteiger partial charge in [0.15, 0.2) is 0 Å². The molecular formula is C11H25Cl2NO2. The highest BCUT2D eigenvalue weighted by Gasteiger charge is 2.15. The molecule has 0 saturated carbocycles. The third-order valence-electron chi connectivity index (χ3n) is 2.30. The summed E-state index contributed by atoms with van der Waals surface area (Å²) < 4.78 is 0. The molecule has 1 unspecified atom stereocenters. The lowest BCUT2D eigenvalue weighted by atomic mass is 9.99. The number of hydrogen-bond donors (Lipinski definition) is 2. The maximum absolute atomic E-state index is 10.9. The van der Waals surface area contributed by atoms with Gasteiger partial charge < -0.3 is 10.4 Å². The average molecular weight is 274 g/mol. The van der Waals surface area contributed by atoms with Crippen molar-refractivity contribution in [3.05, 3.63) is 0 Å². The molecule has 0 amide bonds. The molecule has 5 heteroatoms. The molecule has 16 heavy (non-hydrogen) atoms. The van der Waals surface area contributed by atoms with Gasteiger partial charge in [0.05, 0.1) is 5.92 Å². The average Bonchev–Trinajstić information content (AvgIpc) is 2.09. The fourth-order valence-electron chi connectivity index (χ4n) is 1.39. The monoisotopic (exact) mass is 273 g/mol. The summed E-state index contributed by atoms with van der Waals surface area (Å²) >= 11 is 0. The van der Waals surface area contributed by atoms with Crippen LogP contribution >= 0.6 is 24.8 Å². The normalized spacial score (nSPS) is 11.5. The van der Waals surface area contributed by atoms with Gasteiger partial charge in [0.1, 0.15) is 0 Å². The Labute approximate surface area is 111 Å². The minimum atomic E-state index is -0.649. The molecule has 100 valence electrons. The van der Waals surface area contributed by atoms with E-state index in [1.165, 1.54) is 0 Å². The largest absolute Gasteiger partial charge is 0.481 e. The Kier molecular flexibility index (Phi) is 17.4. The minimum Gasteiger partial charge on any atom is -0.481 e. The van der Waals surface area contributed by atoms with Crippen LogP contribution in [0, 0.1) is 5.92 Å². The summed E-state index contributed by atoms with van der Waals surface area (Å²) in [6.07, 6.45) is 3.64. The summed E-state index contributed by atoms with van der Waals surface area (Å²) in [7, 11) is 0. The van der Waals surface area contributed by atoms with Crippen LogP contribution in [0.15, 0.2) is 0 Å². The van der Waals surface area contributed by atoms with E-state index in [-0.39, 0.29) is 30.7 Å². The lowest BCUT2D eigenvalue weighted by Crippen LogP contribution is -2.27. The Morgan fingerprint density at radius 2 is 1.81 bits per heavy atom. The molecule has 0 aromatic carbocycles. The molecule has 0 aliphatic carbocycles. The van der Waals surface area contributed by atoms with Crippen molar-refractivity contribution >= 4 is 30.8 Å². The van der Waals surface area contributed by atoms with Gasteiger partial charge in [-0.3, -0.25) is 4.79 Å². The maximum atomic E-state index is 10.9. The number of hydrogen-bond acceptors (Lipinski definition) is 2. The van der Waals surface area contributed by atoms with Crippen LogP contribution in [0.4, 0.5) is 0 Å². The number of carboxylic acid groups (broad SMARTS) is 1. The fraction of sp³-hybridized carbons (Fsp3) is 0.909. The van der Waals surface area contributed by atoms with Gasteiger partial charge in [0.25, 0.3) is 0 Å². The third-order valence-corrected chi connectivity index (χ3v) is 2.30. The zero-order valence-corrected chi connectivity index (χ0v) is 12.0. The van der Waals surface area contributed by atoms with E-state index in [0.29, 0.717) is 6.04 Å². The van der Waals surface area contributed by atoms with Crippen molar-refractivity contribution in [3.63, 3.8) is 0 Å². The molecule has 0 aliphatic rings. The first-order valence-corrected chi connectivity index (χ1v) is 5.54. The van der Waals surface area contributed by atoms with E-state index in [2.05, 4.69) is 26.1 Å². The lowest BCUT2D eigenvalue weighted by molar-refractivity contribution is -0.142. The van der Waals surface area contributed by atoms with Crippen LogP contribution in [-0.4, -0.2) is 23.7 Å². The van der Waals surface area contributed by atoms with Crippen molar-refractivity contribution in [1.29, 1.82) is 0 Å². The first-order valence-electron chi connectivity index (χ1n) is 5.54. The van der Waals surface area contributed by atoms with Crippen LogP contribution < -0.4 is 5.32 Å². The number of aliphatic carboxylic acids is 1. The second kappa shape index (κ2) is 13.1. The minimum absolute atomic E-state index is 0. The predicted octanol–water partition coefficient (Wildman–Crippen LogP) is 3.11. The number of unbranched alkanes of at least 4 members (excludes halogenated alkanes) is 1. The molecule has 0 spiro atoms. The van der Waals surface area contributed by atoms with Gasteiger partial charge >= 0.3 is 5.97 Å². The summed E-state index contributed by atoms with van der Waals surface area (Å²) in [5.41, 5.74) is 0. The summed E-state index contributed by atoms with van der Waals surface area (Å²) in [5.74, 6) is -0.815. The highest BCUT2D eigenvalue weighted by Crippen LogP contribution is 2.12. The number of nitrogens with one attached hydrogen (secondary N) is 1. The molecule has 0 fully saturated rings. The molecule has 0 heterocycles. The standard InChI is InChI=1S/C11H23NO2.2ClH/c1-4-5-6-10(11(13)14)7-8-12-9(2)3;;/h9-10,12H,4-8H2,1-3H3,(H,13,14);2*1H. The third kappa shape index (κ3) is 12.1. The highest BCUT2D eigenvalue weighted by atomic mass is 35.5. The lowest BCUT2D eigenvalue weighted by Gasteiger charge is -2.13. The molecule has 0 aliphatic heterocycles. The number of halogens is 2. The topological polar surface area (TPSA) is 49.3 Å². The number of carboxylic acids is 1. The van der Waals surface area contributed by atoms with Crippen molar-refractivity contribution < 1.29 is 9.90 Å². The molecule has 0 rings (SSSR count). The van der Waals surface area contributed by atoms with Crippen molar-refractivity contribution in [2.24, 2.45) is 5.92 Å². The van der Waals surface area contributed by atoms with Gasteiger partial charge in [-0.05, 0) is 19.4 Å². The van der Waals surface area contributed by atoms with E-state index in [0.717, 1.165) is 32.2 Å². The van der Waals surface area contributed by atoms with Gasteiger partial charge in [-0.15, -0.1) is 24.8 Å². The Morgan fingerprint density at radius 3 is 2.19 bits per heavy atom. The molecule has 1 atom stereocenters. The van der Waals surface area contributed by atoms with Gasteiger partial charge in [-0.25, -0.2) is 0 Å². The molecular weight excluding hydrogens is 249 g/mol. The van der Waals surface area contributed by atoms with E-state index in [9.17, 15) is 4.79 Å². The first kappa shape index (κ1) is 21.3. The van der Waals surface area contributed by atoms with Crippen LogP contribution in [0.25, 0.3) is 0 Å². The number of carbonyl (C=O) groups is 1. The molecule has 0 aromatic heterocycles. The van der Waals surface area contributed by atoms with E-state index < -0.39 is 5.97 Å². The van der Waals surface area contributed by atoms with Gasteiger partial charge in [-0.1, -0.05) is 33.6 Å². The summed E-state index contributed by atoms with van der Waals surface area (Å²) in [6.45, 7) is 7.03. The Hall–Kier alpha value is 0.01000. The van der Waals surface area contributed by atoms with Gasteiger partial charge in [0, 0.05) is 6.04 Å². The Bertz CT molecular complexity index is 166.